The number of amides is 1. The molecule has 0 aliphatic rings. The van der Waals surface area contributed by atoms with Gasteiger partial charge in [-0.2, -0.15) is 0 Å². The van der Waals surface area contributed by atoms with Crippen LogP contribution in [-0.2, 0) is 0 Å². The van der Waals surface area contributed by atoms with Gasteiger partial charge in [-0.15, -0.1) is 24.8 Å². The number of hydrazine groups is 1. The van der Waals surface area contributed by atoms with Gasteiger partial charge in [0.25, 0.3) is 11.1 Å². The predicted octanol–water partition coefficient (Wildman–Crippen LogP) is 4.99. The Kier molecular flexibility index (Phi) is 12.1. The van der Waals surface area contributed by atoms with E-state index in [2.05, 4.69) is 0 Å². The molecule has 0 fully saturated rings. The van der Waals surface area contributed by atoms with Crippen molar-refractivity contribution in [3.05, 3.63) is 71.3 Å². The van der Waals surface area contributed by atoms with Crippen LogP contribution in [0.5, 0.6) is 0 Å². The van der Waals surface area contributed by atoms with Gasteiger partial charge in [-0.1, -0.05) is 36.4 Å². The zero-order chi connectivity index (χ0) is 19.2. The fraction of sp³-hybridized carbons (Fsp3) is 0.222. The van der Waals surface area contributed by atoms with Crippen molar-refractivity contribution in [3.8, 4) is 0 Å². The predicted molar refractivity (Wildman–Crippen MR) is 108 cm³/mol. The first kappa shape index (κ1) is 27.5. The molecule has 1 amide bonds. The van der Waals surface area contributed by atoms with Gasteiger partial charge in [0, 0.05) is 5.56 Å². The van der Waals surface area contributed by atoms with Crippen molar-refractivity contribution in [2.75, 3.05) is 0 Å². The average molecular weight is 442 g/mol. The lowest BCUT2D eigenvalue weighted by Crippen LogP contribution is -2.50. The van der Waals surface area contributed by atoms with Crippen molar-refractivity contribution in [1.29, 1.82) is 0 Å². The molecular weight excluding hydrogens is 421 g/mol. The van der Waals surface area contributed by atoms with Crippen molar-refractivity contribution < 1.29 is 18.4 Å². The zero-order valence-electron chi connectivity index (χ0n) is 14.9. The molecule has 2 aromatic rings. The Morgan fingerprint density at radius 2 is 1.37 bits per heavy atom. The van der Waals surface area contributed by atoms with Crippen LogP contribution in [0.25, 0.3) is 0 Å². The summed E-state index contributed by atoms with van der Waals surface area (Å²) in [5.41, 5.74) is -0.787. The van der Waals surface area contributed by atoms with E-state index in [1.54, 1.807) is 45.0 Å². The number of nitrogens with zero attached hydrogens (tertiary/aromatic N) is 1. The Balaban J connectivity index is 0. The molecule has 2 rings (SSSR count). The third-order valence-corrected chi connectivity index (χ3v) is 3.34. The summed E-state index contributed by atoms with van der Waals surface area (Å²) in [7, 11) is 0. The lowest BCUT2D eigenvalue weighted by atomic mass is 10.1. The molecule has 0 aliphatic carbocycles. The molecule has 0 radical (unpaired) electrons. The van der Waals surface area contributed by atoms with E-state index in [0.29, 0.717) is 5.56 Å². The van der Waals surface area contributed by atoms with Gasteiger partial charge >= 0.3 is 0 Å². The standard InChI is InChI=1S/C11H14F2N2O.C7H5ClO.2ClH/c1-11(2,3)15(14)10(16)9-7(12)5-4-6-8(9)13;8-7(9)6-4-2-1-3-5-6;;/h4-6H,14H2,1-3H3;1-5H;2*1H. The first-order valence-corrected chi connectivity index (χ1v) is 7.71. The number of nitrogens with two attached hydrogens (primary N) is 1. The first-order valence-electron chi connectivity index (χ1n) is 7.34. The number of carbonyl (C=O) groups is 2. The number of halogens is 5. The second kappa shape index (κ2) is 11.9. The van der Waals surface area contributed by atoms with Gasteiger partial charge in [0.15, 0.2) is 0 Å². The van der Waals surface area contributed by atoms with Gasteiger partial charge in [0.1, 0.15) is 17.2 Å². The van der Waals surface area contributed by atoms with E-state index in [-0.39, 0.29) is 24.8 Å². The summed E-state index contributed by atoms with van der Waals surface area (Å²) in [6, 6.07) is 12.0. The third-order valence-electron chi connectivity index (χ3n) is 3.12. The molecule has 0 aromatic heterocycles. The fourth-order valence-electron chi connectivity index (χ4n) is 1.70. The Labute approximate surface area is 174 Å². The molecule has 0 heterocycles. The summed E-state index contributed by atoms with van der Waals surface area (Å²) < 4.78 is 26.6. The van der Waals surface area contributed by atoms with Crippen molar-refractivity contribution in [1.82, 2.24) is 5.01 Å². The zero-order valence-corrected chi connectivity index (χ0v) is 17.3. The maximum absolute atomic E-state index is 13.3. The van der Waals surface area contributed by atoms with E-state index in [9.17, 15) is 18.4 Å². The molecule has 0 atom stereocenters. The van der Waals surface area contributed by atoms with Gasteiger partial charge in [-0.05, 0) is 44.5 Å². The molecule has 4 nitrogen and oxygen atoms in total. The topological polar surface area (TPSA) is 63.4 Å². The van der Waals surface area contributed by atoms with Crippen LogP contribution in [0.4, 0.5) is 8.78 Å². The highest BCUT2D eigenvalue weighted by Crippen LogP contribution is 2.18. The smallest absolute Gasteiger partial charge is 0.274 e. The van der Waals surface area contributed by atoms with E-state index in [0.717, 1.165) is 17.1 Å². The quantitative estimate of drug-likeness (QED) is 0.309. The molecule has 2 N–H and O–H groups in total. The lowest BCUT2D eigenvalue weighted by molar-refractivity contribution is 0.0571. The Bertz CT molecular complexity index is 734. The SMILES string of the molecule is CC(C)(C)N(N)C(=O)c1c(F)cccc1F.Cl.Cl.O=C(Cl)c1ccccc1. The van der Waals surface area contributed by atoms with Crippen molar-refractivity contribution >= 4 is 47.6 Å². The molecule has 0 bridgehead atoms. The van der Waals surface area contributed by atoms with Crippen LogP contribution in [0.2, 0.25) is 0 Å². The number of rotatable bonds is 2. The van der Waals surface area contributed by atoms with E-state index >= 15 is 0 Å². The second-order valence-electron chi connectivity index (χ2n) is 6.08. The van der Waals surface area contributed by atoms with Gasteiger partial charge in [0.05, 0.1) is 5.54 Å². The summed E-state index contributed by atoms with van der Waals surface area (Å²) in [6.45, 7) is 5.01. The maximum Gasteiger partial charge on any atom is 0.274 e. The highest BCUT2D eigenvalue weighted by atomic mass is 35.5. The summed E-state index contributed by atoms with van der Waals surface area (Å²) in [5, 5.41) is 0.407. The number of carbonyl (C=O) groups excluding carboxylic acids is 2. The molecule has 2 aromatic carbocycles. The normalized spacial score (nSPS) is 9.74. The number of hydrogen-bond donors (Lipinski definition) is 1. The second-order valence-corrected chi connectivity index (χ2v) is 6.43. The maximum atomic E-state index is 13.3. The third kappa shape index (κ3) is 8.22. The van der Waals surface area contributed by atoms with E-state index in [1.165, 1.54) is 6.07 Å². The summed E-state index contributed by atoms with van der Waals surface area (Å²) >= 11 is 5.16. The highest BCUT2D eigenvalue weighted by Gasteiger charge is 2.28. The van der Waals surface area contributed by atoms with E-state index < -0.39 is 33.9 Å². The Morgan fingerprint density at radius 1 is 0.926 bits per heavy atom. The van der Waals surface area contributed by atoms with Crippen LogP contribution >= 0.6 is 36.4 Å². The largest absolute Gasteiger partial charge is 0.276 e. The first-order chi connectivity index (χ1) is 11.6. The molecule has 0 aliphatic heterocycles. The van der Waals surface area contributed by atoms with Gasteiger partial charge in [-0.3, -0.25) is 14.6 Å². The molecule has 27 heavy (non-hydrogen) atoms. The van der Waals surface area contributed by atoms with E-state index in [4.69, 9.17) is 17.4 Å². The molecule has 9 heteroatoms. The molecule has 150 valence electrons. The van der Waals surface area contributed by atoms with Crippen LogP contribution in [-0.4, -0.2) is 21.7 Å². The fourth-order valence-corrected chi connectivity index (χ4v) is 1.82. The van der Waals surface area contributed by atoms with Crippen molar-refractivity contribution in [3.63, 3.8) is 0 Å². The number of benzene rings is 2. The molecule has 0 spiro atoms. The highest BCUT2D eigenvalue weighted by molar-refractivity contribution is 6.67. The molecule has 0 unspecified atom stereocenters. The summed E-state index contributed by atoms with van der Waals surface area (Å²) in [4.78, 5) is 22.2. The minimum absolute atomic E-state index is 0. The van der Waals surface area contributed by atoms with Crippen molar-refractivity contribution in [2.24, 2.45) is 5.84 Å². The molecule has 0 saturated carbocycles. The van der Waals surface area contributed by atoms with E-state index in [1.807, 2.05) is 6.07 Å². The van der Waals surface area contributed by atoms with Crippen LogP contribution in [0.1, 0.15) is 41.5 Å². The molecule has 0 saturated heterocycles. The minimum Gasteiger partial charge on any atom is -0.276 e. The van der Waals surface area contributed by atoms with Gasteiger partial charge in [-0.25, -0.2) is 14.6 Å². The van der Waals surface area contributed by atoms with Gasteiger partial charge < -0.3 is 0 Å². The average Bonchev–Trinajstić information content (AvgIpc) is 2.54. The van der Waals surface area contributed by atoms with Crippen molar-refractivity contribution in [2.45, 2.75) is 26.3 Å². The van der Waals surface area contributed by atoms with Crippen LogP contribution < -0.4 is 5.84 Å². The van der Waals surface area contributed by atoms with Crippen LogP contribution in [0.15, 0.2) is 48.5 Å². The Hall–Kier alpha value is -1.73. The van der Waals surface area contributed by atoms with Crippen LogP contribution in [0.3, 0.4) is 0 Å². The monoisotopic (exact) mass is 440 g/mol. The van der Waals surface area contributed by atoms with Gasteiger partial charge in [0.2, 0.25) is 0 Å². The lowest BCUT2D eigenvalue weighted by Gasteiger charge is -2.31. The Morgan fingerprint density at radius 3 is 1.70 bits per heavy atom. The van der Waals surface area contributed by atoms with Crippen LogP contribution in [0, 0.1) is 11.6 Å². The molecular formula is C18H21Cl3F2N2O2. The summed E-state index contributed by atoms with van der Waals surface area (Å²) in [6.07, 6.45) is 0. The number of hydrogen-bond acceptors (Lipinski definition) is 3. The minimum atomic E-state index is -0.912. The summed E-state index contributed by atoms with van der Waals surface area (Å²) in [5.74, 6) is 2.82.